The topological polar surface area (TPSA) is 96.0 Å². The van der Waals surface area contributed by atoms with Gasteiger partial charge < -0.3 is 15.0 Å². The number of halogens is 1. The molecule has 0 saturated heterocycles. The molecule has 10 heteroatoms. The zero-order chi connectivity index (χ0) is 27.6. The number of benzene rings is 2. The summed E-state index contributed by atoms with van der Waals surface area (Å²) in [7, 11) is -3.65. The standard InChI is InChI=1S/C27H38FN3O5S/c1-6-23(27(33)29-20(3)4)30(19-21-14-16-22(28)17-15-21)26(32)13-10-18-31(37(5,34)35)24-11-8-9-12-25(24)36-7-2/h8-9,11-12,14-17,20,23H,6-7,10,13,18-19H2,1-5H3,(H,29,33)/t23-/m1/s1. The Morgan fingerprint density at radius 2 is 1.70 bits per heavy atom. The molecular weight excluding hydrogens is 497 g/mol. The Morgan fingerprint density at radius 3 is 2.27 bits per heavy atom. The summed E-state index contributed by atoms with van der Waals surface area (Å²) < 4.78 is 45.5. The molecule has 2 aromatic rings. The number of amides is 2. The second-order valence-electron chi connectivity index (χ2n) is 9.07. The molecule has 204 valence electrons. The molecule has 0 aliphatic carbocycles. The number of hydrogen-bond acceptors (Lipinski definition) is 5. The Kier molecular flexibility index (Phi) is 11.4. The lowest BCUT2D eigenvalue weighted by Gasteiger charge is -2.31. The smallest absolute Gasteiger partial charge is 0.243 e. The molecular formula is C27H38FN3O5S. The highest BCUT2D eigenvalue weighted by atomic mass is 32.2. The summed E-state index contributed by atoms with van der Waals surface area (Å²) in [4.78, 5) is 27.8. The normalized spacial score (nSPS) is 12.2. The van der Waals surface area contributed by atoms with Crippen molar-refractivity contribution in [1.29, 1.82) is 0 Å². The maximum Gasteiger partial charge on any atom is 0.243 e. The highest BCUT2D eigenvalue weighted by molar-refractivity contribution is 7.92. The van der Waals surface area contributed by atoms with Crippen molar-refractivity contribution in [1.82, 2.24) is 10.2 Å². The summed E-state index contributed by atoms with van der Waals surface area (Å²) in [5, 5.41) is 2.86. The first-order chi connectivity index (χ1) is 17.5. The first-order valence-corrected chi connectivity index (χ1v) is 14.4. The Morgan fingerprint density at radius 1 is 1.05 bits per heavy atom. The molecule has 2 amide bonds. The van der Waals surface area contributed by atoms with Crippen molar-refractivity contribution in [3.8, 4) is 5.75 Å². The zero-order valence-electron chi connectivity index (χ0n) is 22.2. The third-order valence-corrected chi connectivity index (χ3v) is 6.85. The molecule has 0 unspecified atom stereocenters. The first kappa shape index (κ1) is 30.1. The number of nitrogens with one attached hydrogen (secondary N) is 1. The van der Waals surface area contributed by atoms with E-state index in [0.29, 0.717) is 30.0 Å². The minimum atomic E-state index is -3.65. The van der Waals surface area contributed by atoms with E-state index in [4.69, 9.17) is 4.74 Å². The molecule has 0 heterocycles. The van der Waals surface area contributed by atoms with Crippen LogP contribution in [0.3, 0.4) is 0 Å². The summed E-state index contributed by atoms with van der Waals surface area (Å²) in [6.07, 6.45) is 1.76. The average molecular weight is 536 g/mol. The van der Waals surface area contributed by atoms with Crippen molar-refractivity contribution >= 4 is 27.5 Å². The van der Waals surface area contributed by atoms with Gasteiger partial charge in [-0.25, -0.2) is 12.8 Å². The molecule has 0 aliphatic rings. The van der Waals surface area contributed by atoms with Gasteiger partial charge in [0.15, 0.2) is 0 Å². The van der Waals surface area contributed by atoms with Crippen LogP contribution in [-0.4, -0.2) is 56.6 Å². The second kappa shape index (κ2) is 14.0. The van der Waals surface area contributed by atoms with Gasteiger partial charge >= 0.3 is 0 Å². The van der Waals surface area contributed by atoms with Crippen LogP contribution in [0.5, 0.6) is 5.75 Å². The van der Waals surface area contributed by atoms with E-state index < -0.39 is 16.1 Å². The Labute approximate surface area is 219 Å². The second-order valence-corrected chi connectivity index (χ2v) is 11.0. The number of anilines is 1. The van der Waals surface area contributed by atoms with Gasteiger partial charge in [-0.1, -0.05) is 31.2 Å². The summed E-state index contributed by atoms with van der Waals surface area (Å²) >= 11 is 0. The number of ether oxygens (including phenoxy) is 1. The van der Waals surface area contributed by atoms with Gasteiger partial charge in [-0.05, 0) is 63.4 Å². The molecule has 37 heavy (non-hydrogen) atoms. The van der Waals surface area contributed by atoms with Crippen LogP contribution in [0.15, 0.2) is 48.5 Å². The number of nitrogens with zero attached hydrogens (tertiary/aromatic N) is 2. The molecule has 0 aliphatic heterocycles. The number of rotatable bonds is 14. The summed E-state index contributed by atoms with van der Waals surface area (Å²) in [6, 6.07) is 11.8. The predicted octanol–water partition coefficient (Wildman–Crippen LogP) is 4.10. The maximum absolute atomic E-state index is 13.4. The van der Waals surface area contributed by atoms with Crippen LogP contribution < -0.4 is 14.4 Å². The lowest BCUT2D eigenvalue weighted by atomic mass is 10.1. The monoisotopic (exact) mass is 535 g/mol. The van der Waals surface area contributed by atoms with Crippen LogP contribution in [0.1, 0.15) is 52.5 Å². The maximum atomic E-state index is 13.4. The molecule has 1 atom stereocenters. The molecule has 2 aromatic carbocycles. The largest absolute Gasteiger partial charge is 0.492 e. The van der Waals surface area contributed by atoms with E-state index >= 15 is 0 Å². The number of carbonyl (C=O) groups is 2. The van der Waals surface area contributed by atoms with Crippen LogP contribution in [-0.2, 0) is 26.2 Å². The van der Waals surface area contributed by atoms with E-state index in [9.17, 15) is 22.4 Å². The average Bonchev–Trinajstić information content (AvgIpc) is 2.82. The third-order valence-electron chi connectivity index (χ3n) is 5.67. The van der Waals surface area contributed by atoms with Crippen LogP contribution in [0.4, 0.5) is 10.1 Å². The van der Waals surface area contributed by atoms with Crippen LogP contribution in [0.2, 0.25) is 0 Å². The Balaban J connectivity index is 2.24. The van der Waals surface area contributed by atoms with E-state index in [-0.39, 0.29) is 49.6 Å². The number of carbonyl (C=O) groups excluding carboxylic acids is 2. The van der Waals surface area contributed by atoms with Gasteiger partial charge in [0.2, 0.25) is 21.8 Å². The molecule has 2 rings (SSSR count). The van der Waals surface area contributed by atoms with Crippen molar-refractivity contribution in [2.24, 2.45) is 0 Å². The summed E-state index contributed by atoms with van der Waals surface area (Å²) in [6.45, 7) is 7.90. The van der Waals surface area contributed by atoms with Crippen molar-refractivity contribution < 1.29 is 27.1 Å². The van der Waals surface area contributed by atoms with E-state index in [1.165, 1.54) is 21.3 Å². The number of para-hydroxylation sites is 2. The van der Waals surface area contributed by atoms with Gasteiger partial charge in [0.05, 0.1) is 18.6 Å². The molecule has 0 spiro atoms. The van der Waals surface area contributed by atoms with Crippen LogP contribution >= 0.6 is 0 Å². The third kappa shape index (κ3) is 9.03. The van der Waals surface area contributed by atoms with E-state index in [0.717, 1.165) is 6.26 Å². The lowest BCUT2D eigenvalue weighted by Crippen LogP contribution is -2.50. The van der Waals surface area contributed by atoms with Crippen molar-refractivity contribution in [3.63, 3.8) is 0 Å². The predicted molar refractivity (Wildman–Crippen MR) is 143 cm³/mol. The number of hydrogen-bond donors (Lipinski definition) is 1. The fraction of sp³-hybridized carbons (Fsp3) is 0.481. The van der Waals surface area contributed by atoms with Gasteiger partial charge in [0.1, 0.15) is 17.6 Å². The Hall–Kier alpha value is -3.14. The van der Waals surface area contributed by atoms with Crippen LogP contribution in [0, 0.1) is 5.82 Å². The minimum Gasteiger partial charge on any atom is -0.492 e. The van der Waals surface area contributed by atoms with Gasteiger partial charge in [0, 0.05) is 25.6 Å². The molecule has 0 aromatic heterocycles. The van der Waals surface area contributed by atoms with Crippen molar-refractivity contribution in [2.45, 2.75) is 65.6 Å². The van der Waals surface area contributed by atoms with Crippen LogP contribution in [0.25, 0.3) is 0 Å². The summed E-state index contributed by atoms with van der Waals surface area (Å²) in [5.41, 5.74) is 1.10. The first-order valence-electron chi connectivity index (χ1n) is 12.5. The van der Waals surface area contributed by atoms with Crippen molar-refractivity contribution in [3.05, 3.63) is 59.9 Å². The molecule has 0 saturated carbocycles. The van der Waals surface area contributed by atoms with E-state index in [2.05, 4.69) is 5.32 Å². The SMILES string of the molecule is CCOc1ccccc1N(CCCC(=O)N(Cc1ccc(F)cc1)[C@H](CC)C(=O)NC(C)C)S(C)(=O)=O. The molecule has 0 radical (unpaired) electrons. The van der Waals surface area contributed by atoms with Gasteiger partial charge in [0.25, 0.3) is 0 Å². The van der Waals surface area contributed by atoms with Gasteiger partial charge in [-0.3, -0.25) is 13.9 Å². The highest BCUT2D eigenvalue weighted by Crippen LogP contribution is 2.30. The molecule has 0 bridgehead atoms. The molecule has 8 nitrogen and oxygen atoms in total. The van der Waals surface area contributed by atoms with Gasteiger partial charge in [-0.2, -0.15) is 0 Å². The van der Waals surface area contributed by atoms with E-state index in [1.54, 1.807) is 36.4 Å². The van der Waals surface area contributed by atoms with Gasteiger partial charge in [-0.15, -0.1) is 0 Å². The molecule has 1 N–H and O–H groups in total. The highest BCUT2D eigenvalue weighted by Gasteiger charge is 2.29. The minimum absolute atomic E-state index is 0.0233. The number of sulfonamides is 1. The van der Waals surface area contributed by atoms with Crippen molar-refractivity contribution in [2.75, 3.05) is 23.7 Å². The van der Waals surface area contributed by atoms with E-state index in [1.807, 2.05) is 27.7 Å². The zero-order valence-corrected chi connectivity index (χ0v) is 23.1. The fourth-order valence-corrected chi connectivity index (χ4v) is 4.98. The quantitative estimate of drug-likeness (QED) is 0.393. The lowest BCUT2D eigenvalue weighted by molar-refractivity contribution is -0.141. The Bertz CT molecular complexity index is 1140. The fourth-order valence-electron chi connectivity index (χ4n) is 4.01. The molecule has 0 fully saturated rings. The summed E-state index contributed by atoms with van der Waals surface area (Å²) in [5.74, 6) is -0.506.